The third-order valence-electron chi connectivity index (χ3n) is 5.45. The summed E-state index contributed by atoms with van der Waals surface area (Å²) in [4.78, 5) is 26.3. The van der Waals surface area contributed by atoms with Gasteiger partial charge in [-0.15, -0.1) is 0 Å². The number of nitrogens with zero attached hydrogens (tertiary/aromatic N) is 2. The highest BCUT2D eigenvalue weighted by Gasteiger charge is 2.40. The molecule has 1 aromatic heterocycles. The number of fused-ring (bicyclic) bond motifs is 1. The quantitative estimate of drug-likeness (QED) is 0.686. The Labute approximate surface area is 173 Å². The van der Waals surface area contributed by atoms with E-state index in [9.17, 15) is 9.59 Å². The van der Waals surface area contributed by atoms with E-state index in [1.54, 1.807) is 16.7 Å². The molecule has 28 heavy (non-hydrogen) atoms. The molecular weight excluding hydrogens is 396 g/mol. The normalized spacial score (nSPS) is 18.5. The van der Waals surface area contributed by atoms with Crippen LogP contribution in [0.4, 0.5) is 0 Å². The van der Waals surface area contributed by atoms with Gasteiger partial charge < -0.3 is 4.74 Å². The van der Waals surface area contributed by atoms with Gasteiger partial charge in [0, 0.05) is 36.5 Å². The molecule has 1 unspecified atom stereocenters. The summed E-state index contributed by atoms with van der Waals surface area (Å²) >= 11 is 11.6. The van der Waals surface area contributed by atoms with Crippen molar-refractivity contribution in [3.63, 3.8) is 0 Å². The number of rotatable bonds is 3. The van der Waals surface area contributed by atoms with Crippen molar-refractivity contribution in [3.05, 3.63) is 66.9 Å². The summed E-state index contributed by atoms with van der Waals surface area (Å²) in [6, 6.07) is 7.32. The monoisotopic (exact) mass is 416 g/mol. The Balaban J connectivity index is 2.09. The lowest BCUT2D eigenvalue weighted by Crippen LogP contribution is -2.36. The second kappa shape index (κ2) is 7.33. The number of benzene rings is 1. The van der Waals surface area contributed by atoms with Gasteiger partial charge in [0.2, 0.25) is 5.88 Å². The van der Waals surface area contributed by atoms with Crippen LogP contribution in [0.5, 0.6) is 5.88 Å². The maximum Gasteiger partial charge on any atom is 0.262 e. The molecule has 1 aliphatic heterocycles. The van der Waals surface area contributed by atoms with Gasteiger partial charge >= 0.3 is 0 Å². The number of ether oxygens (including phenoxy) is 1. The number of ketones is 1. The van der Waals surface area contributed by atoms with Gasteiger partial charge in [0.05, 0.1) is 11.5 Å². The van der Waals surface area contributed by atoms with Crippen molar-refractivity contribution in [2.75, 3.05) is 0 Å². The number of hydrogen-bond acceptors (Lipinski definition) is 4. The topological polar surface area (TPSA) is 53.2 Å². The zero-order valence-corrected chi connectivity index (χ0v) is 17.4. The second-order valence-corrected chi connectivity index (χ2v) is 7.80. The first-order valence-corrected chi connectivity index (χ1v) is 10.3. The average molecular weight is 417 g/mol. The van der Waals surface area contributed by atoms with Crippen LogP contribution in [0.15, 0.2) is 40.4 Å². The van der Waals surface area contributed by atoms with Gasteiger partial charge in [-0.25, -0.2) is 0 Å². The fourth-order valence-electron chi connectivity index (χ4n) is 4.13. The average Bonchev–Trinajstić information content (AvgIpc) is 2.68. The summed E-state index contributed by atoms with van der Waals surface area (Å²) in [5.41, 5.74) is 1.74. The Morgan fingerprint density at radius 2 is 1.79 bits per heavy atom. The van der Waals surface area contributed by atoms with E-state index in [0.717, 1.165) is 12.0 Å². The molecular formula is C21H21ClN2O3S. The van der Waals surface area contributed by atoms with Crippen LogP contribution in [0.3, 0.4) is 0 Å². The van der Waals surface area contributed by atoms with E-state index in [1.165, 1.54) is 0 Å². The molecule has 0 spiro atoms. The highest BCUT2D eigenvalue weighted by molar-refractivity contribution is 7.71. The van der Waals surface area contributed by atoms with Crippen molar-refractivity contribution in [1.82, 2.24) is 9.13 Å². The minimum atomic E-state index is -0.470. The van der Waals surface area contributed by atoms with Crippen LogP contribution in [0.1, 0.15) is 50.2 Å². The molecule has 7 heteroatoms. The lowest BCUT2D eigenvalue weighted by atomic mass is 9.78. The van der Waals surface area contributed by atoms with Crippen molar-refractivity contribution in [1.29, 1.82) is 0 Å². The first-order chi connectivity index (χ1) is 13.5. The first-order valence-electron chi connectivity index (χ1n) is 9.55. The molecule has 0 radical (unpaired) electrons. The predicted molar refractivity (Wildman–Crippen MR) is 111 cm³/mol. The van der Waals surface area contributed by atoms with Crippen LogP contribution in [0, 0.1) is 4.77 Å². The van der Waals surface area contributed by atoms with Crippen molar-refractivity contribution >= 4 is 29.6 Å². The first kappa shape index (κ1) is 19.2. The van der Waals surface area contributed by atoms with Gasteiger partial charge in [0.15, 0.2) is 10.6 Å². The number of halogens is 1. The Bertz CT molecular complexity index is 1110. The summed E-state index contributed by atoms with van der Waals surface area (Å²) in [6.07, 6.45) is 1.90. The predicted octanol–water partition coefficient (Wildman–Crippen LogP) is 4.60. The molecule has 0 saturated carbocycles. The van der Waals surface area contributed by atoms with Gasteiger partial charge in [-0.2, -0.15) is 0 Å². The van der Waals surface area contributed by atoms with E-state index in [1.807, 2.05) is 30.5 Å². The Hall–Kier alpha value is -2.18. The molecule has 1 aromatic carbocycles. The molecule has 0 amide bonds. The molecule has 2 aromatic rings. The lowest BCUT2D eigenvalue weighted by molar-refractivity contribution is -0.116. The number of Topliss-reactive ketones (excluding diaryl/α,β-unsaturated/α-hetero) is 1. The fourth-order valence-corrected chi connectivity index (χ4v) is 4.68. The summed E-state index contributed by atoms with van der Waals surface area (Å²) in [6.45, 7) is 4.89. The number of aromatic nitrogens is 2. The van der Waals surface area contributed by atoms with Crippen LogP contribution in [0.25, 0.3) is 0 Å². The molecule has 2 heterocycles. The Morgan fingerprint density at radius 3 is 2.43 bits per heavy atom. The van der Waals surface area contributed by atoms with Crippen molar-refractivity contribution < 1.29 is 9.53 Å². The molecule has 2 aliphatic rings. The number of hydrogen-bond donors (Lipinski definition) is 0. The molecule has 4 rings (SSSR count). The highest BCUT2D eigenvalue weighted by Crippen LogP contribution is 2.45. The zero-order valence-electron chi connectivity index (χ0n) is 15.8. The largest absolute Gasteiger partial charge is 0.444 e. The van der Waals surface area contributed by atoms with Crippen LogP contribution in [0.2, 0.25) is 5.02 Å². The lowest BCUT2D eigenvalue weighted by Gasteiger charge is -2.34. The summed E-state index contributed by atoms with van der Waals surface area (Å²) < 4.78 is 10.0. The Kier molecular flexibility index (Phi) is 5.02. The van der Waals surface area contributed by atoms with Crippen molar-refractivity contribution in [2.24, 2.45) is 0 Å². The van der Waals surface area contributed by atoms with Crippen molar-refractivity contribution in [2.45, 2.75) is 52.1 Å². The zero-order chi connectivity index (χ0) is 20.0. The summed E-state index contributed by atoms with van der Waals surface area (Å²) in [5, 5.41) is 0.607. The van der Waals surface area contributed by atoms with Crippen LogP contribution in [-0.4, -0.2) is 14.9 Å². The smallest absolute Gasteiger partial charge is 0.262 e. The van der Waals surface area contributed by atoms with E-state index in [4.69, 9.17) is 28.6 Å². The molecule has 1 aliphatic carbocycles. The third-order valence-corrected chi connectivity index (χ3v) is 6.15. The SMILES string of the molecule is CCn1c2c(c(=O)n(CC)c1=S)C(c1ccc(Cl)cc1)C1=C(CCCC1=O)O2. The van der Waals surface area contributed by atoms with E-state index in [-0.39, 0.29) is 11.3 Å². The molecule has 0 bridgehead atoms. The minimum Gasteiger partial charge on any atom is -0.444 e. The maximum absolute atomic E-state index is 13.4. The van der Waals surface area contributed by atoms with E-state index in [2.05, 4.69) is 0 Å². The number of allylic oxidation sites excluding steroid dienone is 2. The third kappa shape index (κ3) is 2.86. The summed E-state index contributed by atoms with van der Waals surface area (Å²) in [5.74, 6) is 0.701. The van der Waals surface area contributed by atoms with Gasteiger partial charge in [-0.1, -0.05) is 23.7 Å². The molecule has 0 fully saturated rings. The van der Waals surface area contributed by atoms with Crippen LogP contribution < -0.4 is 10.3 Å². The molecule has 1 atom stereocenters. The minimum absolute atomic E-state index is 0.0415. The highest BCUT2D eigenvalue weighted by atomic mass is 35.5. The molecule has 0 N–H and O–H groups in total. The maximum atomic E-state index is 13.4. The molecule has 0 saturated heterocycles. The van der Waals surface area contributed by atoms with Crippen LogP contribution in [-0.2, 0) is 17.9 Å². The Morgan fingerprint density at radius 1 is 1.11 bits per heavy atom. The van der Waals surface area contributed by atoms with Gasteiger partial charge in [-0.3, -0.25) is 18.7 Å². The summed E-state index contributed by atoms with van der Waals surface area (Å²) in [7, 11) is 0. The van der Waals surface area contributed by atoms with E-state index in [0.29, 0.717) is 58.5 Å². The van der Waals surface area contributed by atoms with Crippen molar-refractivity contribution in [3.8, 4) is 5.88 Å². The fraction of sp³-hybridized carbons (Fsp3) is 0.381. The number of carbonyl (C=O) groups excluding carboxylic acids is 1. The molecule has 146 valence electrons. The van der Waals surface area contributed by atoms with Crippen LogP contribution >= 0.6 is 23.8 Å². The van der Waals surface area contributed by atoms with Gasteiger partial charge in [0.1, 0.15) is 5.76 Å². The van der Waals surface area contributed by atoms with E-state index < -0.39 is 5.92 Å². The van der Waals surface area contributed by atoms with Gasteiger partial charge in [0.25, 0.3) is 5.56 Å². The molecule has 5 nitrogen and oxygen atoms in total. The van der Waals surface area contributed by atoms with E-state index >= 15 is 0 Å². The standard InChI is InChI=1S/C21H21ClN2O3S/c1-3-23-19(26)18-16(12-8-10-13(22)11-9-12)17-14(25)6-5-7-15(17)27-20(18)24(4-2)21(23)28/h8-11,16H,3-7H2,1-2H3. The number of carbonyl (C=O) groups is 1. The second-order valence-electron chi connectivity index (χ2n) is 7.00. The van der Waals surface area contributed by atoms with Gasteiger partial charge in [-0.05, 0) is 50.2 Å².